The van der Waals surface area contributed by atoms with Crippen molar-refractivity contribution in [2.24, 2.45) is 13.0 Å². The molecule has 152 valence electrons. The van der Waals surface area contributed by atoms with Crippen molar-refractivity contribution in [1.29, 1.82) is 5.26 Å². The molecule has 0 bridgehead atoms. The van der Waals surface area contributed by atoms with Crippen molar-refractivity contribution in [3.63, 3.8) is 0 Å². The predicted molar refractivity (Wildman–Crippen MR) is 109 cm³/mol. The Hall–Kier alpha value is -3.71. The number of rotatable bonds is 6. The van der Waals surface area contributed by atoms with Crippen molar-refractivity contribution in [2.45, 2.75) is 32.1 Å². The number of hydrogen-bond donors (Lipinski definition) is 1. The molecule has 30 heavy (non-hydrogen) atoms. The van der Waals surface area contributed by atoms with Crippen LogP contribution in [0.15, 0.2) is 37.1 Å². The molecular formula is C20H21N9O. The van der Waals surface area contributed by atoms with Gasteiger partial charge in [0.05, 0.1) is 47.5 Å². The van der Waals surface area contributed by atoms with E-state index in [2.05, 4.69) is 21.4 Å². The molecule has 0 spiro atoms. The molecule has 0 radical (unpaired) electrons. The molecule has 0 aliphatic heterocycles. The highest BCUT2D eigenvalue weighted by atomic mass is 16.5. The van der Waals surface area contributed by atoms with Crippen LogP contribution in [0.2, 0.25) is 0 Å². The molecule has 10 nitrogen and oxygen atoms in total. The minimum Gasteiger partial charge on any atom is -0.382 e. The average Bonchev–Trinajstić information content (AvgIpc) is 3.42. The van der Waals surface area contributed by atoms with Crippen LogP contribution in [0.3, 0.4) is 0 Å². The normalized spacial score (nSPS) is 18.4. The van der Waals surface area contributed by atoms with Gasteiger partial charge in [0.1, 0.15) is 12.4 Å². The van der Waals surface area contributed by atoms with E-state index in [-0.39, 0.29) is 6.10 Å². The molecule has 2 N–H and O–H groups in total. The largest absolute Gasteiger partial charge is 0.382 e. The monoisotopic (exact) mass is 403 g/mol. The summed E-state index contributed by atoms with van der Waals surface area (Å²) in [5, 5.41) is 21.8. The summed E-state index contributed by atoms with van der Waals surface area (Å²) in [6.07, 6.45) is 11.7. The Morgan fingerprint density at radius 3 is 2.90 bits per heavy atom. The van der Waals surface area contributed by atoms with E-state index in [4.69, 9.17) is 20.7 Å². The molecule has 5 rings (SSSR count). The number of aromatic nitrogens is 7. The Balaban J connectivity index is 1.41. The lowest BCUT2D eigenvalue weighted by Crippen LogP contribution is -2.31. The van der Waals surface area contributed by atoms with Crippen LogP contribution in [0.25, 0.3) is 28.0 Å². The van der Waals surface area contributed by atoms with Crippen LogP contribution >= 0.6 is 0 Å². The quantitative estimate of drug-likeness (QED) is 0.523. The maximum atomic E-state index is 8.75. The van der Waals surface area contributed by atoms with E-state index in [1.54, 1.807) is 26.3 Å². The van der Waals surface area contributed by atoms with Gasteiger partial charge in [-0.3, -0.25) is 4.68 Å². The van der Waals surface area contributed by atoms with E-state index < -0.39 is 0 Å². The third-order valence-corrected chi connectivity index (χ3v) is 5.45. The molecule has 0 amide bonds. The first kappa shape index (κ1) is 18.3. The van der Waals surface area contributed by atoms with E-state index in [1.165, 1.54) is 0 Å². The van der Waals surface area contributed by atoms with Crippen LogP contribution in [0, 0.1) is 17.2 Å². The molecule has 4 aromatic rings. The summed E-state index contributed by atoms with van der Waals surface area (Å²) in [6, 6.07) is 4.11. The molecule has 1 aliphatic rings. The summed E-state index contributed by atoms with van der Waals surface area (Å²) in [5.74, 6) is 0.835. The molecule has 1 fully saturated rings. The lowest BCUT2D eigenvalue weighted by atomic mass is 9.80. The standard InChI is InChI=1S/C20H21N9O/c1-27-9-14(8-24-27)17-11-29-18(3-5-23-29)19(25-17)16-10-28(26-20(16)22)12-30-15-6-13(7-15)2-4-21/h3,5,8-11,13,15H,2,6-7,12H2,1H3,(H2,22,26). The van der Waals surface area contributed by atoms with E-state index in [0.29, 0.717) is 30.6 Å². The highest BCUT2D eigenvalue weighted by Crippen LogP contribution is 2.33. The topological polar surface area (TPSA) is 125 Å². The number of nitrogens with two attached hydrogens (primary N) is 1. The van der Waals surface area contributed by atoms with Gasteiger partial charge < -0.3 is 10.5 Å². The minimum atomic E-state index is 0.172. The van der Waals surface area contributed by atoms with E-state index in [9.17, 15) is 0 Å². The molecule has 1 aliphatic carbocycles. The van der Waals surface area contributed by atoms with Gasteiger partial charge in [0.15, 0.2) is 5.82 Å². The maximum Gasteiger partial charge on any atom is 0.155 e. The first-order chi connectivity index (χ1) is 14.6. The van der Waals surface area contributed by atoms with Crippen LogP contribution in [0.1, 0.15) is 19.3 Å². The van der Waals surface area contributed by atoms with Crippen molar-refractivity contribution in [2.75, 3.05) is 5.73 Å². The zero-order chi connectivity index (χ0) is 20.7. The number of anilines is 1. The van der Waals surface area contributed by atoms with Crippen LogP contribution in [0.5, 0.6) is 0 Å². The predicted octanol–water partition coefficient (Wildman–Crippen LogP) is 2.24. The summed E-state index contributed by atoms with van der Waals surface area (Å²) in [6.45, 7) is 0.311. The smallest absolute Gasteiger partial charge is 0.155 e. The SMILES string of the molecule is Cn1cc(-c2cn3nccc3c(-c3cn(COC4CC(CC#N)C4)nc3N)n2)cn1. The highest BCUT2D eigenvalue weighted by molar-refractivity contribution is 5.83. The van der Waals surface area contributed by atoms with Crippen LogP contribution < -0.4 is 5.73 Å². The molecule has 4 aromatic heterocycles. The average molecular weight is 403 g/mol. The molecule has 4 heterocycles. The van der Waals surface area contributed by atoms with Gasteiger partial charge in [0.2, 0.25) is 0 Å². The fourth-order valence-electron chi connectivity index (χ4n) is 3.79. The molecule has 0 aromatic carbocycles. The first-order valence-corrected chi connectivity index (χ1v) is 9.76. The third-order valence-electron chi connectivity index (χ3n) is 5.45. The van der Waals surface area contributed by atoms with Gasteiger partial charge in [-0.15, -0.1) is 0 Å². The van der Waals surface area contributed by atoms with Crippen molar-refractivity contribution < 1.29 is 4.74 Å². The molecule has 0 atom stereocenters. The van der Waals surface area contributed by atoms with E-state index >= 15 is 0 Å². The fourth-order valence-corrected chi connectivity index (χ4v) is 3.79. The highest BCUT2D eigenvalue weighted by Gasteiger charge is 2.29. The Bertz CT molecular complexity index is 1240. The number of ether oxygens (including phenoxy) is 1. The molecule has 0 unspecified atom stereocenters. The minimum absolute atomic E-state index is 0.172. The van der Waals surface area contributed by atoms with Crippen LogP contribution in [-0.2, 0) is 18.5 Å². The zero-order valence-corrected chi connectivity index (χ0v) is 16.5. The molecule has 10 heteroatoms. The van der Waals surface area contributed by atoms with Crippen molar-refractivity contribution in [1.82, 2.24) is 34.2 Å². The number of nitrogen functional groups attached to an aromatic ring is 1. The van der Waals surface area contributed by atoms with Crippen LogP contribution in [-0.4, -0.2) is 40.3 Å². The maximum absolute atomic E-state index is 8.75. The summed E-state index contributed by atoms with van der Waals surface area (Å²) in [7, 11) is 1.86. The van der Waals surface area contributed by atoms with Crippen molar-refractivity contribution in [3.05, 3.63) is 37.1 Å². The van der Waals surface area contributed by atoms with Crippen molar-refractivity contribution in [3.8, 4) is 28.6 Å². The summed E-state index contributed by atoms with van der Waals surface area (Å²) >= 11 is 0. The Labute approximate surface area is 172 Å². The zero-order valence-electron chi connectivity index (χ0n) is 16.5. The van der Waals surface area contributed by atoms with Gasteiger partial charge in [-0.2, -0.15) is 20.6 Å². The van der Waals surface area contributed by atoms with Crippen LogP contribution in [0.4, 0.5) is 5.82 Å². The lowest BCUT2D eigenvalue weighted by Gasteiger charge is -2.33. The first-order valence-electron chi connectivity index (χ1n) is 9.76. The van der Waals surface area contributed by atoms with E-state index in [0.717, 1.165) is 35.2 Å². The number of aryl methyl sites for hydroxylation is 1. The number of nitrogens with zero attached hydrogens (tertiary/aromatic N) is 8. The van der Waals surface area contributed by atoms with E-state index in [1.807, 2.05) is 31.7 Å². The second-order valence-corrected chi connectivity index (χ2v) is 7.62. The van der Waals surface area contributed by atoms with Gasteiger partial charge in [0, 0.05) is 31.4 Å². The summed E-state index contributed by atoms with van der Waals surface area (Å²) in [4.78, 5) is 4.84. The number of nitriles is 1. The Kier molecular flexibility index (Phi) is 4.44. The van der Waals surface area contributed by atoms with Gasteiger partial charge in [-0.05, 0) is 24.8 Å². The fraction of sp³-hybridized carbons (Fsp3) is 0.350. The third kappa shape index (κ3) is 3.29. The van der Waals surface area contributed by atoms with Crippen molar-refractivity contribution >= 4 is 11.3 Å². The van der Waals surface area contributed by atoms with Gasteiger partial charge in [0.25, 0.3) is 0 Å². The Morgan fingerprint density at radius 2 is 2.13 bits per heavy atom. The number of fused-ring (bicyclic) bond motifs is 1. The molecular weight excluding hydrogens is 382 g/mol. The second-order valence-electron chi connectivity index (χ2n) is 7.62. The van der Waals surface area contributed by atoms with Gasteiger partial charge >= 0.3 is 0 Å². The Morgan fingerprint density at radius 1 is 1.27 bits per heavy atom. The van der Waals surface area contributed by atoms with Gasteiger partial charge in [-0.25, -0.2) is 14.2 Å². The lowest BCUT2D eigenvalue weighted by molar-refractivity contribution is -0.0648. The summed E-state index contributed by atoms with van der Waals surface area (Å²) < 4.78 is 11.1. The number of hydrogen-bond acceptors (Lipinski definition) is 7. The summed E-state index contributed by atoms with van der Waals surface area (Å²) in [5.41, 5.74) is 10.1. The van der Waals surface area contributed by atoms with Gasteiger partial charge in [-0.1, -0.05) is 0 Å². The molecule has 0 saturated heterocycles. The molecule has 1 saturated carbocycles. The second kappa shape index (κ2) is 7.27.